The molecular formula is C16H14FILiN3O3. The summed E-state index contributed by atoms with van der Waals surface area (Å²) < 4.78 is 16.7. The van der Waals surface area contributed by atoms with E-state index in [0.717, 1.165) is 25.1 Å². The zero-order chi connectivity index (χ0) is 17.0. The molecule has 0 aliphatic carbocycles. The number of carbonyl (C=O) groups is 2. The number of nitrogens with zero attached hydrogens (tertiary/aromatic N) is 3. The van der Waals surface area contributed by atoms with E-state index in [2.05, 4.69) is 4.98 Å². The van der Waals surface area contributed by atoms with Gasteiger partial charge >= 0.3 is 24.8 Å². The number of amides is 1. The van der Waals surface area contributed by atoms with Crippen molar-refractivity contribution >= 4 is 53.3 Å². The van der Waals surface area contributed by atoms with Crippen LogP contribution in [-0.4, -0.2) is 50.3 Å². The Kier molecular flexibility index (Phi) is 4.97. The van der Waals surface area contributed by atoms with E-state index < -0.39 is 23.7 Å². The fourth-order valence-electron chi connectivity index (χ4n) is 3.49. The first kappa shape index (κ1) is 18.4. The summed E-state index contributed by atoms with van der Waals surface area (Å²) >= 11 is 1.94. The molecule has 0 radical (unpaired) electrons. The van der Waals surface area contributed by atoms with Crippen LogP contribution in [0.4, 0.5) is 4.39 Å². The summed E-state index contributed by atoms with van der Waals surface area (Å²) in [6.07, 6.45) is 3.28. The van der Waals surface area contributed by atoms with E-state index >= 15 is 0 Å². The Morgan fingerprint density at radius 3 is 2.88 bits per heavy atom. The van der Waals surface area contributed by atoms with Crippen LogP contribution in [0, 0.1) is 9.39 Å². The molecule has 1 unspecified atom stereocenters. The summed E-state index contributed by atoms with van der Waals surface area (Å²) in [5.41, 5.74) is 1.72. The number of imidazole rings is 1. The van der Waals surface area contributed by atoms with Gasteiger partial charge in [-0.2, -0.15) is 0 Å². The van der Waals surface area contributed by atoms with Crippen LogP contribution in [0.2, 0.25) is 0 Å². The molecule has 2 aliphatic heterocycles. The average Bonchev–Trinajstić information content (AvgIpc) is 3.18. The molecule has 6 nitrogen and oxygen atoms in total. The fourth-order valence-corrected chi connectivity index (χ4v) is 4.08. The van der Waals surface area contributed by atoms with E-state index in [1.165, 1.54) is 11.0 Å². The van der Waals surface area contributed by atoms with E-state index in [4.69, 9.17) is 0 Å². The number of hydrogen-bond donors (Lipinski definition) is 1. The molecule has 3 heterocycles. The number of halogens is 2. The van der Waals surface area contributed by atoms with Crippen LogP contribution in [0.5, 0.6) is 0 Å². The number of aliphatic carboxylic acids is 1. The standard InChI is InChI=1S/C16H13FIN3O3.Li.H/c17-11-5-8(18)4-9-10(11)6-21(15(9)22)14(16(23)24)13-12-2-1-3-20(12)7-19-13;;/h4-5,7,14H,1-3,6H2,(H,23,24);;. The van der Waals surface area contributed by atoms with E-state index in [1.807, 2.05) is 27.2 Å². The molecule has 0 saturated heterocycles. The quantitative estimate of drug-likeness (QED) is 0.572. The number of fused-ring (bicyclic) bond motifs is 2. The summed E-state index contributed by atoms with van der Waals surface area (Å²) in [5, 5.41) is 9.72. The molecule has 0 saturated carbocycles. The molecule has 0 spiro atoms. The predicted octanol–water partition coefficient (Wildman–Crippen LogP) is 1.71. The topological polar surface area (TPSA) is 75.4 Å². The van der Waals surface area contributed by atoms with Crippen molar-refractivity contribution in [3.8, 4) is 0 Å². The van der Waals surface area contributed by atoms with Crippen molar-refractivity contribution in [3.63, 3.8) is 0 Å². The van der Waals surface area contributed by atoms with E-state index in [0.29, 0.717) is 9.26 Å². The first-order chi connectivity index (χ1) is 11.5. The number of carboxylic acid groups (broad SMARTS) is 1. The van der Waals surface area contributed by atoms with Crippen LogP contribution in [-0.2, 0) is 24.3 Å². The molecule has 0 bridgehead atoms. The van der Waals surface area contributed by atoms with Crippen molar-refractivity contribution in [1.29, 1.82) is 0 Å². The van der Waals surface area contributed by atoms with Gasteiger partial charge in [-0.3, -0.25) is 4.79 Å². The van der Waals surface area contributed by atoms with Gasteiger partial charge in [0.1, 0.15) is 5.82 Å². The predicted molar refractivity (Wildman–Crippen MR) is 97.1 cm³/mol. The molecule has 1 atom stereocenters. The van der Waals surface area contributed by atoms with Crippen LogP contribution >= 0.6 is 22.6 Å². The number of benzene rings is 1. The third-order valence-electron chi connectivity index (χ3n) is 4.58. The zero-order valence-electron chi connectivity index (χ0n) is 12.5. The van der Waals surface area contributed by atoms with Crippen LogP contribution in [0.15, 0.2) is 18.5 Å². The normalized spacial score (nSPS) is 16.4. The summed E-state index contributed by atoms with van der Waals surface area (Å²) in [6.45, 7) is 0.746. The maximum absolute atomic E-state index is 14.2. The second-order valence-electron chi connectivity index (χ2n) is 5.96. The number of carbonyl (C=O) groups excluding carboxylic acids is 1. The van der Waals surface area contributed by atoms with Crippen LogP contribution in [0.3, 0.4) is 0 Å². The van der Waals surface area contributed by atoms with Gasteiger partial charge in [0.2, 0.25) is 0 Å². The molecule has 0 fully saturated rings. The van der Waals surface area contributed by atoms with Crippen molar-refractivity contribution in [3.05, 3.63) is 50.4 Å². The molecule has 1 aromatic heterocycles. The van der Waals surface area contributed by atoms with Crippen LogP contribution in [0.1, 0.15) is 39.8 Å². The van der Waals surface area contributed by atoms with Crippen LogP contribution < -0.4 is 0 Å². The summed E-state index contributed by atoms with van der Waals surface area (Å²) in [7, 11) is 0. The molecule has 1 amide bonds. The molecule has 2 aromatic rings. The minimum atomic E-state index is -1.20. The van der Waals surface area contributed by atoms with Gasteiger partial charge in [0.25, 0.3) is 5.91 Å². The third-order valence-corrected chi connectivity index (χ3v) is 5.20. The molecule has 4 rings (SSSR count). The molecular weight excluding hydrogens is 435 g/mol. The molecule has 126 valence electrons. The van der Waals surface area contributed by atoms with Crippen molar-refractivity contribution in [2.24, 2.45) is 0 Å². The molecule has 9 heteroatoms. The molecule has 25 heavy (non-hydrogen) atoms. The number of hydrogen-bond acceptors (Lipinski definition) is 3. The Morgan fingerprint density at radius 1 is 1.40 bits per heavy atom. The first-order valence-corrected chi connectivity index (χ1v) is 8.61. The van der Waals surface area contributed by atoms with E-state index in [-0.39, 0.29) is 36.5 Å². The van der Waals surface area contributed by atoms with Gasteiger partial charge in [-0.05, 0) is 47.6 Å². The Balaban J connectivity index is 0.00000182. The van der Waals surface area contributed by atoms with Gasteiger partial charge in [-0.25, -0.2) is 14.2 Å². The second kappa shape index (κ2) is 6.74. The summed E-state index contributed by atoms with van der Waals surface area (Å²) in [4.78, 5) is 30.0. The van der Waals surface area contributed by atoms with Gasteiger partial charge in [-0.1, -0.05) is 0 Å². The van der Waals surface area contributed by atoms with Gasteiger partial charge < -0.3 is 14.6 Å². The summed E-state index contributed by atoms with van der Waals surface area (Å²) in [5.74, 6) is -2.10. The number of aromatic nitrogens is 2. The van der Waals surface area contributed by atoms with E-state index in [1.54, 1.807) is 12.4 Å². The van der Waals surface area contributed by atoms with Crippen molar-refractivity contribution < 1.29 is 19.1 Å². The van der Waals surface area contributed by atoms with Crippen molar-refractivity contribution in [2.45, 2.75) is 32.0 Å². The Bertz CT molecular complexity index is 886. The third kappa shape index (κ3) is 2.90. The second-order valence-corrected chi connectivity index (χ2v) is 7.21. The SMILES string of the molecule is O=C(O)C(c1ncn2c1CCC2)N1Cc2c(F)cc(I)cc2C1=O.[LiH]. The van der Waals surface area contributed by atoms with Crippen LogP contribution in [0.25, 0.3) is 0 Å². The van der Waals surface area contributed by atoms with Gasteiger partial charge in [0, 0.05) is 26.9 Å². The Labute approximate surface area is 168 Å². The molecule has 1 N–H and O–H groups in total. The summed E-state index contributed by atoms with van der Waals surface area (Å²) in [6, 6.07) is 1.74. The van der Waals surface area contributed by atoms with Gasteiger partial charge in [-0.15, -0.1) is 0 Å². The molecule has 1 aromatic carbocycles. The van der Waals surface area contributed by atoms with Gasteiger partial charge in [0.15, 0.2) is 6.04 Å². The number of carboxylic acids is 1. The number of aryl methyl sites for hydroxylation is 1. The number of rotatable bonds is 3. The zero-order valence-corrected chi connectivity index (χ0v) is 14.7. The van der Waals surface area contributed by atoms with Gasteiger partial charge in [0.05, 0.1) is 18.6 Å². The Hall–Kier alpha value is -1.37. The fraction of sp³-hybridized carbons (Fsp3) is 0.312. The van der Waals surface area contributed by atoms with Crippen molar-refractivity contribution in [1.82, 2.24) is 14.5 Å². The first-order valence-electron chi connectivity index (χ1n) is 7.53. The van der Waals surface area contributed by atoms with E-state index in [9.17, 15) is 19.1 Å². The maximum atomic E-state index is 14.2. The molecule has 2 aliphatic rings. The minimum absolute atomic E-state index is 0. The Morgan fingerprint density at radius 2 is 2.16 bits per heavy atom. The average molecular weight is 449 g/mol. The monoisotopic (exact) mass is 449 g/mol. The van der Waals surface area contributed by atoms with Crippen molar-refractivity contribution in [2.75, 3.05) is 0 Å².